The van der Waals surface area contributed by atoms with Gasteiger partial charge in [0.2, 0.25) is 0 Å². The predicted octanol–water partition coefficient (Wildman–Crippen LogP) is 3.72. The summed E-state index contributed by atoms with van der Waals surface area (Å²) in [7, 11) is 0. The second kappa shape index (κ2) is 5.54. The highest BCUT2D eigenvalue weighted by molar-refractivity contribution is 9.10. The Bertz CT molecular complexity index is 413. The summed E-state index contributed by atoms with van der Waals surface area (Å²) in [5.74, 6) is 0.619. The fraction of sp³-hybridized carbons (Fsp3) is 0.462. The first-order chi connectivity index (χ1) is 8.16. The number of ether oxygens (including phenoxy) is 1. The van der Waals surface area contributed by atoms with Crippen molar-refractivity contribution in [3.8, 4) is 5.75 Å². The van der Waals surface area contributed by atoms with Crippen LogP contribution in [0.3, 0.4) is 0 Å². The van der Waals surface area contributed by atoms with E-state index in [4.69, 9.17) is 9.84 Å². The molecule has 0 atom stereocenters. The smallest absolute Gasteiger partial charge is 0.335 e. The molecule has 2 rings (SSSR count). The Morgan fingerprint density at radius 1 is 1.47 bits per heavy atom. The topological polar surface area (TPSA) is 46.5 Å². The molecule has 1 aliphatic rings. The average Bonchev–Trinajstić information content (AvgIpc) is 2.23. The maximum atomic E-state index is 10.8. The van der Waals surface area contributed by atoms with Gasteiger partial charge in [-0.15, -0.1) is 0 Å². The Kier molecular flexibility index (Phi) is 4.05. The van der Waals surface area contributed by atoms with Gasteiger partial charge in [0.15, 0.2) is 0 Å². The number of carboxylic acid groups (broad SMARTS) is 1. The van der Waals surface area contributed by atoms with Crippen LogP contribution in [0.25, 0.3) is 0 Å². The van der Waals surface area contributed by atoms with Gasteiger partial charge in [0.05, 0.1) is 16.6 Å². The lowest BCUT2D eigenvalue weighted by molar-refractivity contribution is 0.0697. The van der Waals surface area contributed by atoms with Gasteiger partial charge in [0.25, 0.3) is 0 Å². The number of hydrogen-bond donors (Lipinski definition) is 1. The van der Waals surface area contributed by atoms with Crippen LogP contribution in [0.2, 0.25) is 0 Å². The van der Waals surface area contributed by atoms with E-state index in [0.29, 0.717) is 16.8 Å². The number of halogens is 1. The minimum atomic E-state index is -0.924. The molecule has 1 aliphatic carbocycles. The third-order valence-electron chi connectivity index (χ3n) is 3.19. The van der Waals surface area contributed by atoms with Gasteiger partial charge in [0.1, 0.15) is 5.75 Å². The van der Waals surface area contributed by atoms with E-state index in [1.165, 1.54) is 19.3 Å². The SMILES string of the molecule is O=C(O)c1ccc(OCCC2CCC2)c(Br)c1. The monoisotopic (exact) mass is 298 g/mol. The molecule has 0 saturated heterocycles. The Hall–Kier alpha value is -1.03. The van der Waals surface area contributed by atoms with Gasteiger partial charge >= 0.3 is 5.97 Å². The highest BCUT2D eigenvalue weighted by Gasteiger charge is 2.17. The summed E-state index contributed by atoms with van der Waals surface area (Å²) in [4.78, 5) is 10.8. The van der Waals surface area contributed by atoms with E-state index >= 15 is 0 Å². The molecule has 1 saturated carbocycles. The summed E-state index contributed by atoms with van der Waals surface area (Å²) < 4.78 is 6.34. The molecule has 0 heterocycles. The number of carbonyl (C=O) groups is 1. The highest BCUT2D eigenvalue weighted by Crippen LogP contribution is 2.30. The molecule has 1 aromatic carbocycles. The fourth-order valence-electron chi connectivity index (χ4n) is 1.87. The molecule has 0 unspecified atom stereocenters. The molecule has 0 spiro atoms. The first-order valence-corrected chi connectivity index (χ1v) is 6.62. The molecule has 1 N–H and O–H groups in total. The van der Waals surface area contributed by atoms with Gasteiger partial charge in [-0.3, -0.25) is 0 Å². The second-order valence-electron chi connectivity index (χ2n) is 4.38. The minimum absolute atomic E-state index is 0.267. The van der Waals surface area contributed by atoms with Crippen molar-refractivity contribution < 1.29 is 14.6 Å². The summed E-state index contributed by atoms with van der Waals surface area (Å²) >= 11 is 3.33. The van der Waals surface area contributed by atoms with Gasteiger partial charge < -0.3 is 9.84 Å². The largest absolute Gasteiger partial charge is 0.492 e. The van der Waals surface area contributed by atoms with Crippen LogP contribution >= 0.6 is 15.9 Å². The maximum absolute atomic E-state index is 10.8. The fourth-order valence-corrected chi connectivity index (χ4v) is 2.36. The molecule has 17 heavy (non-hydrogen) atoms. The van der Waals surface area contributed by atoms with Gasteiger partial charge in [-0.25, -0.2) is 4.79 Å². The van der Waals surface area contributed by atoms with Crippen LogP contribution in [-0.4, -0.2) is 17.7 Å². The molecule has 0 amide bonds. The summed E-state index contributed by atoms with van der Waals surface area (Å²) in [5, 5.41) is 8.83. The van der Waals surface area contributed by atoms with Crippen LogP contribution in [-0.2, 0) is 0 Å². The van der Waals surface area contributed by atoms with Crippen molar-refractivity contribution in [1.29, 1.82) is 0 Å². The summed E-state index contributed by atoms with van der Waals surface area (Å²) in [5.41, 5.74) is 0.267. The zero-order chi connectivity index (χ0) is 12.3. The maximum Gasteiger partial charge on any atom is 0.335 e. The molecule has 0 aliphatic heterocycles. The van der Waals surface area contributed by atoms with E-state index < -0.39 is 5.97 Å². The normalized spacial score (nSPS) is 15.4. The van der Waals surface area contributed by atoms with Crippen LogP contribution in [0.4, 0.5) is 0 Å². The molecule has 1 aromatic rings. The van der Waals surface area contributed by atoms with Crippen LogP contribution in [0.15, 0.2) is 22.7 Å². The van der Waals surface area contributed by atoms with Crippen molar-refractivity contribution in [3.05, 3.63) is 28.2 Å². The van der Waals surface area contributed by atoms with Crippen molar-refractivity contribution >= 4 is 21.9 Å². The van der Waals surface area contributed by atoms with Crippen LogP contribution < -0.4 is 4.74 Å². The second-order valence-corrected chi connectivity index (χ2v) is 5.24. The minimum Gasteiger partial charge on any atom is -0.492 e. The van der Waals surface area contributed by atoms with Crippen molar-refractivity contribution in [2.24, 2.45) is 5.92 Å². The van der Waals surface area contributed by atoms with Crippen LogP contribution in [0.1, 0.15) is 36.0 Å². The molecular formula is C13H15BrO3. The lowest BCUT2D eigenvalue weighted by Gasteiger charge is -2.25. The Morgan fingerprint density at radius 3 is 2.76 bits per heavy atom. The highest BCUT2D eigenvalue weighted by atomic mass is 79.9. The first kappa shape index (κ1) is 12.4. The Labute approximate surface area is 109 Å². The van der Waals surface area contributed by atoms with Gasteiger partial charge in [0, 0.05) is 0 Å². The number of aromatic carboxylic acids is 1. The molecular weight excluding hydrogens is 284 g/mol. The summed E-state index contributed by atoms with van der Waals surface area (Å²) in [6, 6.07) is 4.83. The van der Waals surface area contributed by atoms with Crippen molar-refractivity contribution in [2.45, 2.75) is 25.7 Å². The molecule has 3 nitrogen and oxygen atoms in total. The number of rotatable bonds is 5. The quantitative estimate of drug-likeness (QED) is 0.901. The molecule has 1 fully saturated rings. The van der Waals surface area contributed by atoms with Crippen molar-refractivity contribution in [3.63, 3.8) is 0 Å². The Balaban J connectivity index is 1.89. The van der Waals surface area contributed by atoms with Gasteiger partial charge in [-0.1, -0.05) is 19.3 Å². The van der Waals surface area contributed by atoms with Gasteiger partial charge in [-0.05, 0) is 46.5 Å². The predicted molar refractivity (Wildman–Crippen MR) is 68.6 cm³/mol. The molecule has 0 radical (unpaired) electrons. The van der Waals surface area contributed by atoms with E-state index in [2.05, 4.69) is 15.9 Å². The van der Waals surface area contributed by atoms with E-state index in [9.17, 15) is 4.79 Å². The lowest BCUT2D eigenvalue weighted by Crippen LogP contribution is -2.14. The van der Waals surface area contributed by atoms with E-state index in [0.717, 1.165) is 12.3 Å². The van der Waals surface area contributed by atoms with Crippen molar-refractivity contribution in [2.75, 3.05) is 6.61 Å². The standard InChI is InChI=1S/C13H15BrO3/c14-11-8-10(13(15)16)4-5-12(11)17-7-6-9-2-1-3-9/h4-5,8-9H,1-3,6-7H2,(H,15,16). The molecule has 4 heteroatoms. The number of carboxylic acids is 1. The molecule has 0 bridgehead atoms. The lowest BCUT2D eigenvalue weighted by atomic mass is 9.83. The number of hydrogen-bond acceptors (Lipinski definition) is 2. The molecule has 92 valence electrons. The van der Waals surface area contributed by atoms with Crippen LogP contribution in [0.5, 0.6) is 5.75 Å². The third kappa shape index (κ3) is 3.22. The van der Waals surface area contributed by atoms with Crippen molar-refractivity contribution in [1.82, 2.24) is 0 Å². The molecule has 0 aromatic heterocycles. The Morgan fingerprint density at radius 2 is 2.24 bits per heavy atom. The van der Waals surface area contributed by atoms with E-state index in [-0.39, 0.29) is 5.56 Å². The zero-order valence-corrected chi connectivity index (χ0v) is 11.1. The summed E-state index contributed by atoms with van der Waals surface area (Å²) in [6.45, 7) is 0.704. The zero-order valence-electron chi connectivity index (χ0n) is 9.49. The number of benzene rings is 1. The first-order valence-electron chi connectivity index (χ1n) is 5.82. The summed E-state index contributed by atoms with van der Waals surface area (Å²) in [6.07, 6.45) is 5.08. The van der Waals surface area contributed by atoms with Crippen LogP contribution in [0, 0.1) is 5.92 Å². The average molecular weight is 299 g/mol. The van der Waals surface area contributed by atoms with E-state index in [1.807, 2.05) is 0 Å². The van der Waals surface area contributed by atoms with Gasteiger partial charge in [-0.2, -0.15) is 0 Å². The van der Waals surface area contributed by atoms with E-state index in [1.54, 1.807) is 18.2 Å². The third-order valence-corrected chi connectivity index (χ3v) is 3.81.